The van der Waals surface area contributed by atoms with Crippen molar-refractivity contribution < 1.29 is 18.6 Å². The van der Waals surface area contributed by atoms with Gasteiger partial charge in [-0.3, -0.25) is 4.79 Å². The lowest BCUT2D eigenvalue weighted by Gasteiger charge is -1.93. The summed E-state index contributed by atoms with van der Waals surface area (Å²) in [6.45, 7) is 1.96. The Morgan fingerprint density at radius 2 is 1.82 bits per heavy atom. The third-order valence-electron chi connectivity index (χ3n) is 1.34. The molecule has 0 aliphatic carbocycles. The highest BCUT2D eigenvalue weighted by molar-refractivity contribution is 5.92. The molecule has 3 heteroatoms. The van der Waals surface area contributed by atoms with Crippen LogP contribution in [0.25, 0.3) is 0 Å². The van der Waals surface area contributed by atoms with Gasteiger partial charge in [-0.05, 0) is 19.1 Å². The summed E-state index contributed by atoms with van der Waals surface area (Å²) < 4.78 is 0. The topological polar surface area (TPSA) is 43.1 Å². The number of rotatable bonds is 1. The first-order valence-corrected chi connectivity index (χ1v) is 3.06. The summed E-state index contributed by atoms with van der Waals surface area (Å²) in [7, 11) is 0. The standard InChI is InChI=1S/C8H9NO.ClH/c1-6-2-4-7(5-3-6)8(9)10;/h2-5H,1H3,(H2,9,10);1H. The lowest BCUT2D eigenvalue weighted by Crippen LogP contribution is -3.00. The lowest BCUT2D eigenvalue weighted by atomic mass is 10.1. The molecule has 0 atom stereocenters. The molecule has 0 spiro atoms. The largest absolute Gasteiger partial charge is 1.00 e. The van der Waals surface area contributed by atoms with Gasteiger partial charge in [0.05, 0.1) is 0 Å². The molecule has 0 saturated carbocycles. The van der Waals surface area contributed by atoms with Gasteiger partial charge in [0.1, 0.15) is 0 Å². The van der Waals surface area contributed by atoms with Crippen LogP contribution < -0.4 is 18.1 Å². The van der Waals surface area contributed by atoms with E-state index in [0.29, 0.717) is 5.56 Å². The van der Waals surface area contributed by atoms with Gasteiger partial charge in [-0.2, -0.15) is 0 Å². The lowest BCUT2D eigenvalue weighted by molar-refractivity contribution is -0.0000104. The number of nitrogens with two attached hydrogens (primary N) is 1. The molecule has 1 rings (SSSR count). The Morgan fingerprint density at radius 1 is 1.36 bits per heavy atom. The van der Waals surface area contributed by atoms with Crippen molar-refractivity contribution in [2.45, 2.75) is 6.92 Å². The van der Waals surface area contributed by atoms with Crippen LogP contribution in [-0.2, 0) is 0 Å². The van der Waals surface area contributed by atoms with E-state index in [0.717, 1.165) is 5.56 Å². The monoisotopic (exact) mass is 171 g/mol. The first kappa shape index (κ1) is 9.98. The van der Waals surface area contributed by atoms with E-state index < -0.39 is 0 Å². The fourth-order valence-electron chi connectivity index (χ4n) is 0.718. The summed E-state index contributed by atoms with van der Waals surface area (Å²) in [5, 5.41) is 0. The number of benzene rings is 1. The average Bonchev–Trinajstić information content (AvgIpc) is 1.88. The van der Waals surface area contributed by atoms with Crippen molar-refractivity contribution in [2.24, 2.45) is 5.73 Å². The van der Waals surface area contributed by atoms with Gasteiger partial charge >= 0.3 is 1.43 Å². The molecule has 1 aromatic rings. The molecule has 0 saturated heterocycles. The molecule has 2 nitrogen and oxygen atoms in total. The Hall–Kier alpha value is -1.02. The molecule has 11 heavy (non-hydrogen) atoms. The van der Waals surface area contributed by atoms with Crippen molar-refractivity contribution in [3.05, 3.63) is 35.4 Å². The predicted molar refractivity (Wildman–Crippen MR) is 40.8 cm³/mol. The zero-order valence-corrected chi connectivity index (χ0v) is 6.93. The highest BCUT2D eigenvalue weighted by atomic mass is 35.5. The molecule has 0 aromatic heterocycles. The van der Waals surface area contributed by atoms with E-state index in [1.165, 1.54) is 0 Å². The van der Waals surface area contributed by atoms with E-state index in [4.69, 9.17) is 5.73 Å². The summed E-state index contributed by atoms with van der Waals surface area (Å²) in [4.78, 5) is 10.5. The van der Waals surface area contributed by atoms with Crippen LogP contribution in [0.3, 0.4) is 0 Å². The van der Waals surface area contributed by atoms with Crippen molar-refractivity contribution >= 4 is 5.91 Å². The first-order chi connectivity index (χ1) is 4.70. The van der Waals surface area contributed by atoms with Gasteiger partial charge in [-0.15, -0.1) is 0 Å². The molecular formula is C8H10ClNO. The number of carbonyl (C=O) groups is 1. The predicted octanol–water partition coefficient (Wildman–Crippen LogP) is -1.79. The SMILES string of the molecule is Cc1ccc(C(N)=O)cc1.[Cl-].[H+]. The van der Waals surface area contributed by atoms with Crippen LogP contribution in [0.1, 0.15) is 17.3 Å². The molecular weight excluding hydrogens is 162 g/mol. The summed E-state index contributed by atoms with van der Waals surface area (Å²) in [6.07, 6.45) is 0. The second-order valence-electron chi connectivity index (χ2n) is 2.23. The minimum Gasteiger partial charge on any atom is -1.00 e. The minimum absolute atomic E-state index is 0. The molecule has 60 valence electrons. The zero-order chi connectivity index (χ0) is 7.56. The zero-order valence-electron chi connectivity index (χ0n) is 7.17. The molecule has 0 fully saturated rings. The normalized spacial score (nSPS) is 8.45. The smallest absolute Gasteiger partial charge is 1.00 e. The van der Waals surface area contributed by atoms with Crippen LogP contribution >= 0.6 is 0 Å². The maximum Gasteiger partial charge on any atom is 1.00 e. The van der Waals surface area contributed by atoms with Crippen LogP contribution in [-0.4, -0.2) is 5.91 Å². The summed E-state index contributed by atoms with van der Waals surface area (Å²) in [6, 6.07) is 7.16. The molecule has 0 aliphatic rings. The van der Waals surface area contributed by atoms with Crippen LogP contribution in [0.15, 0.2) is 24.3 Å². The highest BCUT2D eigenvalue weighted by Crippen LogP contribution is 2.00. The van der Waals surface area contributed by atoms with Crippen molar-refractivity contribution in [3.8, 4) is 0 Å². The minimum atomic E-state index is -0.375. The van der Waals surface area contributed by atoms with Gasteiger partial charge in [0.15, 0.2) is 0 Å². The molecule has 1 amide bonds. The Balaban J connectivity index is 0. The van der Waals surface area contributed by atoms with E-state index in [1.54, 1.807) is 12.1 Å². The van der Waals surface area contributed by atoms with Crippen LogP contribution in [0, 0.1) is 6.92 Å². The van der Waals surface area contributed by atoms with Crippen molar-refractivity contribution in [2.75, 3.05) is 0 Å². The third kappa shape index (κ3) is 2.60. The molecule has 2 N–H and O–H groups in total. The highest BCUT2D eigenvalue weighted by Gasteiger charge is 1.95. The van der Waals surface area contributed by atoms with Crippen molar-refractivity contribution in [1.29, 1.82) is 0 Å². The van der Waals surface area contributed by atoms with Gasteiger partial charge in [-0.1, -0.05) is 17.7 Å². The Bertz CT molecular complexity index is 248. The molecule has 0 heterocycles. The van der Waals surface area contributed by atoms with Crippen LogP contribution in [0.2, 0.25) is 0 Å². The summed E-state index contributed by atoms with van der Waals surface area (Å²) in [5.41, 5.74) is 6.72. The second-order valence-corrected chi connectivity index (χ2v) is 2.23. The van der Waals surface area contributed by atoms with Crippen LogP contribution in [0.4, 0.5) is 0 Å². The maximum absolute atomic E-state index is 10.5. The summed E-state index contributed by atoms with van der Waals surface area (Å²) in [5.74, 6) is -0.375. The average molecular weight is 172 g/mol. The van der Waals surface area contributed by atoms with Crippen molar-refractivity contribution in [1.82, 2.24) is 0 Å². The number of amides is 1. The van der Waals surface area contributed by atoms with Gasteiger partial charge in [0.2, 0.25) is 5.91 Å². The summed E-state index contributed by atoms with van der Waals surface area (Å²) >= 11 is 0. The quantitative estimate of drug-likeness (QED) is 0.533. The number of aryl methyl sites for hydroxylation is 1. The van der Waals surface area contributed by atoms with Gasteiger partial charge < -0.3 is 18.1 Å². The van der Waals surface area contributed by atoms with E-state index >= 15 is 0 Å². The number of carbonyl (C=O) groups excluding carboxylic acids is 1. The molecule has 0 unspecified atom stereocenters. The third-order valence-corrected chi connectivity index (χ3v) is 1.34. The molecule has 0 radical (unpaired) electrons. The van der Waals surface area contributed by atoms with Gasteiger partial charge in [-0.25, -0.2) is 0 Å². The second kappa shape index (κ2) is 3.98. The molecule has 0 bridgehead atoms. The van der Waals surface area contributed by atoms with Crippen molar-refractivity contribution in [3.63, 3.8) is 0 Å². The number of hydrogen-bond donors (Lipinski definition) is 1. The van der Waals surface area contributed by atoms with E-state index in [9.17, 15) is 4.79 Å². The molecule has 1 aromatic carbocycles. The molecule has 0 aliphatic heterocycles. The Kier molecular flexibility index (Phi) is 3.61. The van der Waals surface area contributed by atoms with Gasteiger partial charge in [0, 0.05) is 5.56 Å². The maximum atomic E-state index is 10.5. The van der Waals surface area contributed by atoms with E-state index in [-0.39, 0.29) is 19.7 Å². The van der Waals surface area contributed by atoms with E-state index in [1.807, 2.05) is 19.1 Å². The fraction of sp³-hybridized carbons (Fsp3) is 0.125. The number of hydrogen-bond acceptors (Lipinski definition) is 1. The fourth-order valence-corrected chi connectivity index (χ4v) is 0.718. The number of halogens is 1. The van der Waals surface area contributed by atoms with E-state index in [2.05, 4.69) is 0 Å². The first-order valence-electron chi connectivity index (χ1n) is 3.06. The number of primary amides is 1. The van der Waals surface area contributed by atoms with Crippen LogP contribution in [0.5, 0.6) is 0 Å². The Morgan fingerprint density at radius 3 is 2.18 bits per heavy atom. The Labute approximate surface area is 73.3 Å². The van der Waals surface area contributed by atoms with Gasteiger partial charge in [0.25, 0.3) is 0 Å².